The van der Waals surface area contributed by atoms with Crippen molar-refractivity contribution < 1.29 is 13.9 Å². The predicted octanol–water partition coefficient (Wildman–Crippen LogP) is 5.69. The molecule has 1 unspecified atom stereocenters. The highest BCUT2D eigenvalue weighted by Gasteiger charge is 2.32. The van der Waals surface area contributed by atoms with Crippen LogP contribution in [0.25, 0.3) is 22.2 Å². The number of fused-ring (bicyclic) bond motifs is 1. The van der Waals surface area contributed by atoms with Crippen molar-refractivity contribution in [2.75, 3.05) is 32.4 Å². The summed E-state index contributed by atoms with van der Waals surface area (Å²) in [5, 5.41) is 1.15. The Morgan fingerprint density at radius 1 is 1.18 bits per heavy atom. The largest absolute Gasteiger partial charge is 0.457 e. The molecule has 10 heteroatoms. The molecule has 1 saturated carbocycles. The van der Waals surface area contributed by atoms with Crippen molar-refractivity contribution >= 4 is 34.4 Å². The van der Waals surface area contributed by atoms with Crippen molar-refractivity contribution in [1.82, 2.24) is 24.3 Å². The lowest BCUT2D eigenvalue weighted by atomic mass is 10.1. The predicted molar refractivity (Wildman–Crippen MR) is 154 cm³/mol. The number of carbonyl (C=O) groups excluding carboxylic acids is 1. The zero-order valence-corrected chi connectivity index (χ0v) is 22.9. The van der Waals surface area contributed by atoms with Gasteiger partial charge in [-0.25, -0.2) is 14.4 Å². The summed E-state index contributed by atoms with van der Waals surface area (Å²) < 4.78 is 21.3. The quantitative estimate of drug-likeness (QED) is 0.279. The van der Waals surface area contributed by atoms with E-state index in [1.54, 1.807) is 30.3 Å². The molecule has 0 radical (unpaired) electrons. The standard InChI is InChI=1S/C30H30ClFN6O2/c1-36(21-9-10-21)14-3-6-25(39)37-15-13-22(17-37)38-28(31)26(27-29(33)34-18-35-30(27)38)19-7-11-23(12-8-19)40-24-5-2-4-20(32)16-24/h2-8,11-12,16,18,21-22H,9-10,13-15,17H2,1H3,(H2,33,34,35). The smallest absolute Gasteiger partial charge is 0.246 e. The Bertz CT molecular complexity index is 1580. The third-order valence-corrected chi connectivity index (χ3v) is 7.96. The van der Waals surface area contributed by atoms with E-state index in [0.29, 0.717) is 52.6 Å². The molecule has 1 aliphatic heterocycles. The Balaban J connectivity index is 1.25. The summed E-state index contributed by atoms with van der Waals surface area (Å²) >= 11 is 7.05. The maximum atomic E-state index is 13.5. The second kappa shape index (κ2) is 10.9. The summed E-state index contributed by atoms with van der Waals surface area (Å²) in [6.07, 6.45) is 8.27. The van der Waals surface area contributed by atoms with E-state index >= 15 is 0 Å². The van der Waals surface area contributed by atoms with Crippen molar-refractivity contribution in [3.05, 3.63) is 78.0 Å². The van der Waals surface area contributed by atoms with Crippen molar-refractivity contribution in [2.24, 2.45) is 0 Å². The Labute approximate surface area is 236 Å². The number of aromatic nitrogens is 3. The molecule has 3 heterocycles. The van der Waals surface area contributed by atoms with Crippen molar-refractivity contribution in [3.63, 3.8) is 0 Å². The van der Waals surface area contributed by atoms with Gasteiger partial charge in [0.15, 0.2) is 0 Å². The molecule has 1 amide bonds. The van der Waals surface area contributed by atoms with Crippen LogP contribution in [0, 0.1) is 5.82 Å². The zero-order valence-electron chi connectivity index (χ0n) is 22.1. The van der Waals surface area contributed by atoms with Crippen LogP contribution in [-0.4, -0.2) is 63.0 Å². The minimum absolute atomic E-state index is 0.00234. The number of ether oxygens (including phenoxy) is 1. The van der Waals surface area contributed by atoms with Crippen LogP contribution in [0.3, 0.4) is 0 Å². The van der Waals surface area contributed by atoms with E-state index in [2.05, 4.69) is 21.9 Å². The van der Waals surface area contributed by atoms with Gasteiger partial charge in [0.2, 0.25) is 5.91 Å². The number of benzene rings is 2. The van der Waals surface area contributed by atoms with Crippen LogP contribution in [-0.2, 0) is 4.79 Å². The van der Waals surface area contributed by atoms with E-state index in [0.717, 1.165) is 24.1 Å². The van der Waals surface area contributed by atoms with Gasteiger partial charge in [0.1, 0.15) is 40.3 Å². The third kappa shape index (κ3) is 5.26. The summed E-state index contributed by atoms with van der Waals surface area (Å²) in [6.45, 7) is 1.92. The third-order valence-electron chi connectivity index (χ3n) is 7.59. The molecule has 8 nitrogen and oxygen atoms in total. The topological polar surface area (TPSA) is 89.5 Å². The summed E-state index contributed by atoms with van der Waals surface area (Å²) in [5.74, 6) is 0.926. The van der Waals surface area contributed by atoms with Crippen LogP contribution < -0.4 is 10.5 Å². The molecule has 2 aromatic carbocycles. The van der Waals surface area contributed by atoms with Gasteiger partial charge in [0.05, 0.1) is 11.4 Å². The summed E-state index contributed by atoms with van der Waals surface area (Å²) in [4.78, 5) is 25.8. The lowest BCUT2D eigenvalue weighted by molar-refractivity contribution is -0.125. The van der Waals surface area contributed by atoms with Gasteiger partial charge in [-0.15, -0.1) is 0 Å². The molecule has 2 aliphatic rings. The van der Waals surface area contributed by atoms with Gasteiger partial charge in [-0.3, -0.25) is 9.69 Å². The number of nitrogens with zero attached hydrogens (tertiary/aromatic N) is 5. The summed E-state index contributed by atoms with van der Waals surface area (Å²) in [6, 6.07) is 13.9. The molecular formula is C30H30ClFN6O2. The maximum Gasteiger partial charge on any atom is 0.246 e. The number of amides is 1. The molecule has 0 bridgehead atoms. The Hall–Kier alpha value is -3.95. The minimum atomic E-state index is -0.367. The first-order valence-corrected chi connectivity index (χ1v) is 13.8. The van der Waals surface area contributed by atoms with E-state index in [1.807, 2.05) is 27.7 Å². The molecule has 1 aliphatic carbocycles. The van der Waals surface area contributed by atoms with Crippen LogP contribution in [0.2, 0.25) is 5.15 Å². The number of likely N-dealkylation sites (tertiary alicyclic amines) is 1. The first kappa shape index (κ1) is 26.3. The van der Waals surface area contributed by atoms with Crippen LogP contribution >= 0.6 is 11.6 Å². The SMILES string of the molecule is CN(CC=CC(=O)N1CCC(n2c(Cl)c(-c3ccc(Oc4cccc(F)c4)cc3)c3c(N)ncnc32)C1)C1CC1. The molecule has 1 saturated heterocycles. The Kier molecular flexibility index (Phi) is 7.16. The normalized spacial score (nSPS) is 17.4. The van der Waals surface area contributed by atoms with Crippen molar-refractivity contribution in [2.45, 2.75) is 31.3 Å². The lowest BCUT2D eigenvalue weighted by Gasteiger charge is -2.17. The van der Waals surface area contributed by atoms with Crippen LogP contribution in [0.5, 0.6) is 11.5 Å². The van der Waals surface area contributed by atoms with Gasteiger partial charge in [0.25, 0.3) is 0 Å². The number of nitrogen functional groups attached to an aromatic ring is 1. The number of rotatable bonds is 8. The molecule has 4 aromatic rings. The van der Waals surface area contributed by atoms with Gasteiger partial charge in [0, 0.05) is 43.4 Å². The lowest BCUT2D eigenvalue weighted by Crippen LogP contribution is -2.28. The highest BCUT2D eigenvalue weighted by atomic mass is 35.5. The Morgan fingerprint density at radius 2 is 1.98 bits per heavy atom. The first-order chi connectivity index (χ1) is 19.4. The molecule has 206 valence electrons. The first-order valence-electron chi connectivity index (χ1n) is 13.4. The number of hydrogen-bond acceptors (Lipinski definition) is 6. The number of halogens is 2. The second-order valence-corrected chi connectivity index (χ2v) is 10.7. The highest BCUT2D eigenvalue weighted by molar-refractivity contribution is 6.35. The number of nitrogens with two attached hydrogens (primary N) is 1. The zero-order chi connectivity index (χ0) is 27.8. The van der Waals surface area contributed by atoms with Gasteiger partial charge in [-0.1, -0.05) is 35.9 Å². The van der Waals surface area contributed by atoms with Gasteiger partial charge in [-0.2, -0.15) is 0 Å². The molecule has 2 fully saturated rings. The van der Waals surface area contributed by atoms with E-state index in [9.17, 15) is 9.18 Å². The van der Waals surface area contributed by atoms with Gasteiger partial charge in [-0.05, 0) is 56.1 Å². The highest BCUT2D eigenvalue weighted by Crippen LogP contribution is 2.43. The number of carbonyl (C=O) groups is 1. The molecule has 40 heavy (non-hydrogen) atoms. The fourth-order valence-electron chi connectivity index (χ4n) is 5.32. The molecular weight excluding hydrogens is 531 g/mol. The Morgan fingerprint density at radius 3 is 2.73 bits per heavy atom. The van der Waals surface area contributed by atoms with E-state index in [4.69, 9.17) is 22.1 Å². The van der Waals surface area contributed by atoms with Crippen LogP contribution in [0.4, 0.5) is 10.2 Å². The molecule has 2 N–H and O–H groups in total. The average molecular weight is 561 g/mol. The molecule has 6 rings (SSSR count). The van der Waals surface area contributed by atoms with Crippen LogP contribution in [0.15, 0.2) is 67.0 Å². The monoisotopic (exact) mass is 560 g/mol. The van der Waals surface area contributed by atoms with E-state index in [-0.39, 0.29) is 17.8 Å². The molecule has 0 spiro atoms. The van der Waals surface area contributed by atoms with Gasteiger partial charge < -0.3 is 19.9 Å². The summed E-state index contributed by atoms with van der Waals surface area (Å²) in [7, 11) is 2.09. The molecule has 1 atom stereocenters. The number of anilines is 1. The summed E-state index contributed by atoms with van der Waals surface area (Å²) in [5.41, 5.74) is 8.51. The maximum absolute atomic E-state index is 13.5. The molecule has 2 aromatic heterocycles. The number of hydrogen-bond donors (Lipinski definition) is 1. The van der Waals surface area contributed by atoms with E-state index < -0.39 is 0 Å². The minimum Gasteiger partial charge on any atom is -0.457 e. The number of likely N-dealkylation sites (N-methyl/N-ethyl adjacent to an activating group) is 1. The van der Waals surface area contributed by atoms with Crippen molar-refractivity contribution in [1.29, 1.82) is 0 Å². The second-order valence-electron chi connectivity index (χ2n) is 10.4. The van der Waals surface area contributed by atoms with Gasteiger partial charge >= 0.3 is 0 Å². The fourth-order valence-corrected chi connectivity index (χ4v) is 5.75. The average Bonchev–Trinajstić information content (AvgIpc) is 3.60. The van der Waals surface area contributed by atoms with E-state index in [1.165, 1.54) is 31.3 Å². The van der Waals surface area contributed by atoms with Crippen LogP contribution in [0.1, 0.15) is 25.3 Å². The van der Waals surface area contributed by atoms with Crippen molar-refractivity contribution in [3.8, 4) is 22.6 Å². The fraction of sp³-hybridized carbons (Fsp3) is 0.300.